The zero-order chi connectivity index (χ0) is 22.2. The Labute approximate surface area is 182 Å². The van der Waals surface area contributed by atoms with Gasteiger partial charge in [0.15, 0.2) is 11.6 Å². The van der Waals surface area contributed by atoms with Gasteiger partial charge in [-0.05, 0) is 66.8 Å². The molecule has 4 rings (SSSR count). The molecule has 0 spiro atoms. The lowest BCUT2D eigenvalue weighted by molar-refractivity contribution is 0.249. The van der Waals surface area contributed by atoms with Crippen molar-refractivity contribution in [2.75, 3.05) is 25.1 Å². The zero-order valence-electron chi connectivity index (χ0n) is 18.0. The highest BCUT2D eigenvalue weighted by molar-refractivity contribution is 7.90. The lowest BCUT2D eigenvalue weighted by atomic mass is 9.99. The van der Waals surface area contributed by atoms with Crippen LogP contribution < -0.4 is 0 Å². The van der Waals surface area contributed by atoms with Crippen molar-refractivity contribution in [3.8, 4) is 0 Å². The summed E-state index contributed by atoms with van der Waals surface area (Å²) in [5, 5.41) is 1.21. The van der Waals surface area contributed by atoms with E-state index in [-0.39, 0.29) is 5.75 Å². The Morgan fingerprint density at radius 2 is 1.74 bits per heavy atom. The molecule has 0 N–H and O–H groups in total. The first-order valence-corrected chi connectivity index (χ1v) is 12.7. The van der Waals surface area contributed by atoms with E-state index in [1.165, 1.54) is 40.5 Å². The summed E-state index contributed by atoms with van der Waals surface area (Å²) in [7, 11) is -0.808. The minimum atomic E-state index is -2.90. The first-order valence-electron chi connectivity index (χ1n) is 10.6. The molecule has 4 nitrogen and oxygen atoms in total. The van der Waals surface area contributed by atoms with Gasteiger partial charge in [-0.2, -0.15) is 0 Å². The number of unbranched alkanes of at least 4 members (excludes halogenated alkanes) is 1. The zero-order valence-corrected chi connectivity index (χ0v) is 18.8. The fraction of sp³-hybridized carbons (Fsp3) is 0.417. The minimum Gasteiger partial charge on any atom is -0.347 e. The molecule has 0 saturated heterocycles. The van der Waals surface area contributed by atoms with Crippen LogP contribution in [0.3, 0.4) is 0 Å². The van der Waals surface area contributed by atoms with E-state index in [9.17, 15) is 17.2 Å². The normalized spacial score (nSPS) is 14.8. The van der Waals surface area contributed by atoms with E-state index < -0.39 is 21.5 Å². The maximum Gasteiger partial charge on any atom is 0.159 e. The summed E-state index contributed by atoms with van der Waals surface area (Å²) < 4.78 is 51.7. The van der Waals surface area contributed by atoms with Crippen molar-refractivity contribution in [2.24, 2.45) is 7.05 Å². The average Bonchev–Trinajstić information content (AvgIpc) is 2.99. The fourth-order valence-electron chi connectivity index (χ4n) is 4.57. The summed E-state index contributed by atoms with van der Waals surface area (Å²) in [5.74, 6) is -1.40. The number of hydrogen-bond acceptors (Lipinski definition) is 3. The summed E-state index contributed by atoms with van der Waals surface area (Å²) in [6, 6.07) is 10.4. The van der Waals surface area contributed by atoms with Gasteiger partial charge in [-0.15, -0.1) is 0 Å². The second-order valence-corrected chi connectivity index (χ2v) is 10.9. The molecule has 1 aliphatic rings. The number of sulfone groups is 1. The smallest absolute Gasteiger partial charge is 0.159 e. The van der Waals surface area contributed by atoms with Crippen LogP contribution in [0.1, 0.15) is 35.2 Å². The Hall–Kier alpha value is -2.25. The highest BCUT2D eigenvalue weighted by atomic mass is 32.2. The van der Waals surface area contributed by atoms with E-state index in [0.29, 0.717) is 12.8 Å². The lowest BCUT2D eigenvalue weighted by Crippen LogP contribution is -2.32. The van der Waals surface area contributed by atoms with Gasteiger partial charge in [0.2, 0.25) is 0 Å². The first kappa shape index (κ1) is 22.0. The summed E-state index contributed by atoms with van der Waals surface area (Å²) in [5.41, 5.74) is 5.65. The molecule has 2 heterocycles. The molecule has 1 aromatic heterocycles. The van der Waals surface area contributed by atoms with Crippen LogP contribution in [0.5, 0.6) is 0 Å². The first-order chi connectivity index (χ1) is 14.7. The SMILES string of the molecule is Cn1c2c(c3cc(Cc4ccc(F)c(F)c4)ccc31)CN(CCCCS(C)(=O)=O)CC2. The number of aromatic nitrogens is 1. The van der Waals surface area contributed by atoms with E-state index in [1.807, 2.05) is 0 Å². The summed E-state index contributed by atoms with van der Waals surface area (Å²) in [6.45, 7) is 2.71. The van der Waals surface area contributed by atoms with E-state index >= 15 is 0 Å². The highest BCUT2D eigenvalue weighted by Crippen LogP contribution is 2.31. The number of halogens is 2. The van der Waals surface area contributed by atoms with Crippen LogP contribution >= 0.6 is 0 Å². The van der Waals surface area contributed by atoms with Gasteiger partial charge in [0.25, 0.3) is 0 Å². The van der Waals surface area contributed by atoms with Crippen LogP contribution in [0.2, 0.25) is 0 Å². The van der Waals surface area contributed by atoms with E-state index in [2.05, 4.69) is 34.7 Å². The fourth-order valence-corrected chi connectivity index (χ4v) is 5.30. The molecular formula is C24H28F2N2O2S. The Balaban J connectivity index is 1.53. The van der Waals surface area contributed by atoms with Crippen molar-refractivity contribution in [1.82, 2.24) is 9.47 Å². The summed E-state index contributed by atoms with van der Waals surface area (Å²) >= 11 is 0. The standard InChI is InChI=1S/C24H28F2N2O2S/c1-27-23-8-6-17(13-18-5-7-21(25)22(26)15-18)14-19(23)20-16-28(11-9-24(20)27)10-3-4-12-31(2,29)30/h5-8,14-15H,3-4,9-13,16H2,1-2H3. The molecule has 2 aromatic carbocycles. The molecule has 0 amide bonds. The van der Waals surface area contributed by atoms with Gasteiger partial charge in [-0.3, -0.25) is 4.90 Å². The van der Waals surface area contributed by atoms with Crippen LogP contribution in [-0.4, -0.2) is 43.0 Å². The van der Waals surface area contributed by atoms with Crippen molar-refractivity contribution in [2.45, 2.75) is 32.2 Å². The van der Waals surface area contributed by atoms with Crippen LogP contribution in [0.15, 0.2) is 36.4 Å². The summed E-state index contributed by atoms with van der Waals surface area (Å²) in [4.78, 5) is 2.39. The number of fused-ring (bicyclic) bond motifs is 3. The molecule has 0 unspecified atom stereocenters. The van der Waals surface area contributed by atoms with Crippen molar-refractivity contribution < 1.29 is 17.2 Å². The Morgan fingerprint density at radius 1 is 1.00 bits per heavy atom. The largest absolute Gasteiger partial charge is 0.347 e. The van der Waals surface area contributed by atoms with Crippen LogP contribution in [0.25, 0.3) is 10.9 Å². The maximum atomic E-state index is 13.6. The topological polar surface area (TPSA) is 42.3 Å². The Kier molecular flexibility index (Phi) is 6.17. The highest BCUT2D eigenvalue weighted by Gasteiger charge is 2.23. The van der Waals surface area contributed by atoms with Gasteiger partial charge >= 0.3 is 0 Å². The number of benzene rings is 2. The van der Waals surface area contributed by atoms with Crippen molar-refractivity contribution in [3.05, 3.63) is 70.4 Å². The third-order valence-electron chi connectivity index (χ3n) is 6.18. The van der Waals surface area contributed by atoms with Gasteiger partial charge in [-0.25, -0.2) is 17.2 Å². The number of hydrogen-bond donors (Lipinski definition) is 0. The van der Waals surface area contributed by atoms with Crippen LogP contribution in [-0.2, 0) is 36.3 Å². The molecule has 0 radical (unpaired) electrons. The van der Waals surface area contributed by atoms with E-state index in [1.54, 1.807) is 6.07 Å². The predicted molar refractivity (Wildman–Crippen MR) is 120 cm³/mol. The minimum absolute atomic E-state index is 0.244. The molecule has 7 heteroatoms. The molecule has 0 atom stereocenters. The molecule has 3 aromatic rings. The third-order valence-corrected chi connectivity index (χ3v) is 7.21. The van der Waals surface area contributed by atoms with Crippen molar-refractivity contribution in [3.63, 3.8) is 0 Å². The van der Waals surface area contributed by atoms with Crippen molar-refractivity contribution >= 4 is 20.7 Å². The van der Waals surface area contributed by atoms with Gasteiger partial charge < -0.3 is 4.57 Å². The number of rotatable bonds is 7. The Bertz CT molecular complexity index is 1220. The molecule has 0 fully saturated rings. The van der Waals surface area contributed by atoms with Gasteiger partial charge in [0, 0.05) is 55.2 Å². The predicted octanol–water partition coefficient (Wildman–Crippen LogP) is 4.23. The van der Waals surface area contributed by atoms with E-state index in [4.69, 9.17) is 0 Å². The molecule has 166 valence electrons. The second kappa shape index (κ2) is 8.71. The number of nitrogens with zero attached hydrogens (tertiary/aromatic N) is 2. The second-order valence-electron chi connectivity index (χ2n) is 8.62. The molecule has 31 heavy (non-hydrogen) atoms. The van der Waals surface area contributed by atoms with Gasteiger partial charge in [0.1, 0.15) is 9.84 Å². The number of aryl methyl sites for hydroxylation is 1. The molecule has 0 bridgehead atoms. The van der Waals surface area contributed by atoms with Crippen LogP contribution in [0, 0.1) is 11.6 Å². The van der Waals surface area contributed by atoms with Gasteiger partial charge in [-0.1, -0.05) is 12.1 Å². The molecule has 0 aliphatic carbocycles. The Morgan fingerprint density at radius 3 is 2.48 bits per heavy atom. The van der Waals surface area contributed by atoms with Crippen LogP contribution in [0.4, 0.5) is 8.78 Å². The van der Waals surface area contributed by atoms with Gasteiger partial charge in [0.05, 0.1) is 0 Å². The molecular weight excluding hydrogens is 418 g/mol. The monoisotopic (exact) mass is 446 g/mol. The molecule has 1 aliphatic heterocycles. The van der Waals surface area contributed by atoms with E-state index in [0.717, 1.165) is 43.6 Å². The average molecular weight is 447 g/mol. The lowest BCUT2D eigenvalue weighted by Gasteiger charge is -2.27. The van der Waals surface area contributed by atoms with Crippen molar-refractivity contribution in [1.29, 1.82) is 0 Å². The quantitative estimate of drug-likeness (QED) is 0.510. The third kappa shape index (κ3) is 4.99. The summed E-state index contributed by atoms with van der Waals surface area (Å²) in [6.07, 6.45) is 4.36. The molecule has 0 saturated carbocycles. The maximum absolute atomic E-state index is 13.6.